The van der Waals surface area contributed by atoms with E-state index in [9.17, 15) is 9.59 Å². The van der Waals surface area contributed by atoms with E-state index in [4.69, 9.17) is 4.74 Å². The van der Waals surface area contributed by atoms with Crippen LogP contribution in [0.4, 0.5) is 5.69 Å². The van der Waals surface area contributed by atoms with E-state index in [1.807, 2.05) is 7.05 Å². The molecule has 1 aliphatic heterocycles. The first kappa shape index (κ1) is 15.6. The summed E-state index contributed by atoms with van der Waals surface area (Å²) in [6.45, 7) is 0. The van der Waals surface area contributed by atoms with Gasteiger partial charge in [0.25, 0.3) is 5.91 Å². The van der Waals surface area contributed by atoms with Gasteiger partial charge in [0.05, 0.1) is 19.6 Å². The number of hydrogen-bond acceptors (Lipinski definition) is 3. The number of carbonyl (C=O) groups excluding carboxylic acids is 2. The average Bonchev–Trinajstić information content (AvgIpc) is 2.81. The number of amides is 2. The molecule has 1 heterocycles. The van der Waals surface area contributed by atoms with Crippen molar-refractivity contribution in [2.24, 2.45) is 0 Å². The lowest BCUT2D eigenvalue weighted by molar-refractivity contribution is -0.127. The molecule has 1 saturated carbocycles. The van der Waals surface area contributed by atoms with Crippen LogP contribution in [0.1, 0.15) is 32.1 Å². The number of benzene rings is 1. The minimum atomic E-state index is -0.148. The Labute approximate surface area is 136 Å². The molecule has 3 rings (SSSR count). The second kappa shape index (κ2) is 6.44. The minimum Gasteiger partial charge on any atom is -0.497 e. The first-order valence-corrected chi connectivity index (χ1v) is 8.03. The maximum atomic E-state index is 12.4. The molecule has 2 amide bonds. The Kier molecular flexibility index (Phi) is 4.37. The smallest absolute Gasteiger partial charge is 0.250 e. The van der Waals surface area contributed by atoms with Gasteiger partial charge in [0.15, 0.2) is 0 Å². The van der Waals surface area contributed by atoms with Crippen LogP contribution in [-0.2, 0) is 9.59 Å². The van der Waals surface area contributed by atoms with Crippen LogP contribution in [0.3, 0.4) is 0 Å². The molecule has 1 aromatic carbocycles. The molecule has 0 bridgehead atoms. The second-order valence-corrected chi connectivity index (χ2v) is 6.13. The molecule has 5 nitrogen and oxygen atoms in total. The fourth-order valence-corrected chi connectivity index (χ4v) is 3.49. The molecule has 1 atom stereocenters. The van der Waals surface area contributed by atoms with Crippen molar-refractivity contribution < 1.29 is 14.3 Å². The topological polar surface area (TPSA) is 58.6 Å². The van der Waals surface area contributed by atoms with Crippen molar-refractivity contribution in [1.29, 1.82) is 0 Å². The van der Waals surface area contributed by atoms with Crippen LogP contribution in [0.5, 0.6) is 5.75 Å². The highest BCUT2D eigenvalue weighted by Crippen LogP contribution is 2.37. The molecule has 5 heteroatoms. The van der Waals surface area contributed by atoms with Crippen molar-refractivity contribution in [1.82, 2.24) is 4.90 Å². The summed E-state index contributed by atoms with van der Waals surface area (Å²) in [5.41, 5.74) is 2.58. The van der Waals surface area contributed by atoms with Crippen molar-refractivity contribution >= 4 is 17.5 Å². The first-order valence-electron chi connectivity index (χ1n) is 8.03. The van der Waals surface area contributed by atoms with Gasteiger partial charge in [-0.1, -0.05) is 6.42 Å². The lowest BCUT2D eigenvalue weighted by Crippen LogP contribution is -2.33. The number of nitrogens with one attached hydrogen (secondary N) is 1. The summed E-state index contributed by atoms with van der Waals surface area (Å²) in [6.07, 6.45) is 4.36. The summed E-state index contributed by atoms with van der Waals surface area (Å²) in [5, 5.41) is 2.85. The summed E-state index contributed by atoms with van der Waals surface area (Å²) >= 11 is 0. The number of likely N-dealkylation sites (N-methyl/N-ethyl adjacent to an activating group) is 1. The van der Waals surface area contributed by atoms with Gasteiger partial charge in [-0.3, -0.25) is 9.59 Å². The zero-order chi connectivity index (χ0) is 16.4. The summed E-state index contributed by atoms with van der Waals surface area (Å²) in [7, 11) is 3.44. The zero-order valence-corrected chi connectivity index (χ0v) is 13.6. The third kappa shape index (κ3) is 3.09. The Morgan fingerprint density at radius 3 is 2.74 bits per heavy atom. The van der Waals surface area contributed by atoms with Crippen LogP contribution >= 0.6 is 0 Å². The van der Waals surface area contributed by atoms with E-state index in [1.54, 1.807) is 36.3 Å². The molecule has 23 heavy (non-hydrogen) atoms. The number of rotatable bonds is 4. The third-order valence-corrected chi connectivity index (χ3v) is 4.72. The number of methoxy groups -OCH3 is 1. The van der Waals surface area contributed by atoms with Crippen LogP contribution in [0, 0.1) is 0 Å². The Balaban J connectivity index is 1.70. The second-order valence-electron chi connectivity index (χ2n) is 6.13. The molecule has 2 aliphatic rings. The van der Waals surface area contributed by atoms with E-state index in [0.717, 1.165) is 31.4 Å². The molecule has 122 valence electrons. The molecular weight excluding hydrogens is 292 g/mol. The Hall–Kier alpha value is -2.30. The molecular formula is C18H22N2O3. The lowest BCUT2D eigenvalue weighted by atomic mass is 9.88. The van der Waals surface area contributed by atoms with Gasteiger partial charge in [-0.2, -0.15) is 0 Å². The van der Waals surface area contributed by atoms with Gasteiger partial charge in [-0.25, -0.2) is 0 Å². The SMILES string of the molecule is COc1ccc(NC(=O)CC2=C3CCCCC3N(C)C2=O)cc1. The predicted octanol–water partition coefficient (Wildman–Crippen LogP) is 2.74. The van der Waals surface area contributed by atoms with Gasteiger partial charge < -0.3 is 15.0 Å². The van der Waals surface area contributed by atoms with Crippen molar-refractivity contribution in [2.75, 3.05) is 19.5 Å². The number of ether oxygens (including phenoxy) is 1. The van der Waals surface area contributed by atoms with Gasteiger partial charge in [0.2, 0.25) is 5.91 Å². The fourth-order valence-electron chi connectivity index (χ4n) is 3.49. The maximum Gasteiger partial charge on any atom is 0.250 e. The van der Waals surface area contributed by atoms with Gasteiger partial charge >= 0.3 is 0 Å². The lowest BCUT2D eigenvalue weighted by Gasteiger charge is -2.26. The number of anilines is 1. The van der Waals surface area contributed by atoms with Gasteiger partial charge in [0, 0.05) is 18.3 Å². The Bertz CT molecular complexity index is 649. The van der Waals surface area contributed by atoms with E-state index in [2.05, 4.69) is 5.32 Å². The van der Waals surface area contributed by atoms with Crippen LogP contribution in [-0.4, -0.2) is 36.9 Å². The van der Waals surface area contributed by atoms with Gasteiger partial charge in [0.1, 0.15) is 5.75 Å². The van der Waals surface area contributed by atoms with Crippen molar-refractivity contribution in [3.8, 4) is 5.75 Å². The first-order chi connectivity index (χ1) is 11.1. The normalized spacial score (nSPS) is 20.5. The van der Waals surface area contributed by atoms with E-state index in [-0.39, 0.29) is 24.3 Å². The minimum absolute atomic E-state index is 0.0109. The summed E-state index contributed by atoms with van der Waals surface area (Å²) in [6, 6.07) is 7.38. The van der Waals surface area contributed by atoms with Crippen LogP contribution in [0.2, 0.25) is 0 Å². The highest BCUT2D eigenvalue weighted by molar-refractivity contribution is 6.04. The predicted molar refractivity (Wildman–Crippen MR) is 88.3 cm³/mol. The molecule has 0 saturated heterocycles. The summed E-state index contributed by atoms with van der Waals surface area (Å²) < 4.78 is 5.10. The fraction of sp³-hybridized carbons (Fsp3) is 0.444. The summed E-state index contributed by atoms with van der Waals surface area (Å²) in [4.78, 5) is 26.5. The molecule has 1 aromatic rings. The Morgan fingerprint density at radius 1 is 1.30 bits per heavy atom. The molecule has 0 radical (unpaired) electrons. The highest BCUT2D eigenvalue weighted by Gasteiger charge is 2.38. The van der Waals surface area contributed by atoms with Crippen LogP contribution in [0.25, 0.3) is 0 Å². The molecule has 0 spiro atoms. The Morgan fingerprint density at radius 2 is 2.04 bits per heavy atom. The summed E-state index contributed by atoms with van der Waals surface area (Å²) in [5.74, 6) is 0.605. The number of nitrogens with zero attached hydrogens (tertiary/aromatic N) is 1. The molecule has 0 aromatic heterocycles. The maximum absolute atomic E-state index is 12.4. The highest BCUT2D eigenvalue weighted by atomic mass is 16.5. The number of hydrogen-bond donors (Lipinski definition) is 1. The molecule has 1 N–H and O–H groups in total. The molecule has 1 fully saturated rings. The standard InChI is InChI=1S/C18H22N2O3/c1-20-16-6-4-3-5-14(16)15(18(20)22)11-17(21)19-12-7-9-13(23-2)10-8-12/h7-10,16H,3-6,11H2,1-2H3,(H,19,21). The van der Waals surface area contributed by atoms with Crippen LogP contribution in [0.15, 0.2) is 35.4 Å². The van der Waals surface area contributed by atoms with E-state index < -0.39 is 0 Å². The monoisotopic (exact) mass is 314 g/mol. The van der Waals surface area contributed by atoms with Gasteiger partial charge in [-0.15, -0.1) is 0 Å². The van der Waals surface area contributed by atoms with Crippen molar-refractivity contribution in [2.45, 2.75) is 38.1 Å². The quantitative estimate of drug-likeness (QED) is 0.929. The largest absolute Gasteiger partial charge is 0.497 e. The average molecular weight is 314 g/mol. The van der Waals surface area contributed by atoms with Crippen molar-refractivity contribution in [3.05, 3.63) is 35.4 Å². The van der Waals surface area contributed by atoms with E-state index >= 15 is 0 Å². The van der Waals surface area contributed by atoms with E-state index in [1.165, 1.54) is 5.57 Å². The van der Waals surface area contributed by atoms with E-state index in [0.29, 0.717) is 11.3 Å². The number of carbonyl (C=O) groups is 2. The van der Waals surface area contributed by atoms with Crippen LogP contribution < -0.4 is 10.1 Å². The third-order valence-electron chi connectivity index (χ3n) is 4.72. The number of fused-ring (bicyclic) bond motifs is 1. The molecule has 1 aliphatic carbocycles. The van der Waals surface area contributed by atoms with Gasteiger partial charge in [-0.05, 0) is 49.1 Å². The van der Waals surface area contributed by atoms with Crippen molar-refractivity contribution in [3.63, 3.8) is 0 Å². The molecule has 1 unspecified atom stereocenters. The zero-order valence-electron chi connectivity index (χ0n) is 13.6.